The minimum absolute atomic E-state index is 0.0293. The average Bonchev–Trinajstić information content (AvgIpc) is 3.22. The van der Waals surface area contributed by atoms with Crippen LogP contribution in [0.3, 0.4) is 0 Å². The molecule has 0 fully saturated rings. The van der Waals surface area contributed by atoms with E-state index in [0.29, 0.717) is 24.0 Å². The number of amides is 1. The summed E-state index contributed by atoms with van der Waals surface area (Å²) < 4.78 is 34.3. The van der Waals surface area contributed by atoms with E-state index in [0.717, 1.165) is 11.3 Å². The summed E-state index contributed by atoms with van der Waals surface area (Å²) in [5, 5.41) is 6.68. The number of anilines is 1. The maximum atomic E-state index is 12.2. The van der Waals surface area contributed by atoms with E-state index in [1.807, 2.05) is 31.2 Å². The number of sulfone groups is 1. The second-order valence-electron chi connectivity index (χ2n) is 6.45. The number of carbonyl (C=O) groups excluding carboxylic acids is 1. The third-order valence-electron chi connectivity index (χ3n) is 4.33. The molecule has 0 aliphatic heterocycles. The quantitative estimate of drug-likeness (QED) is 0.554. The summed E-state index contributed by atoms with van der Waals surface area (Å²) in [4.78, 5) is 16.7. The number of nitrogens with one attached hydrogen (secondary N) is 1. The van der Waals surface area contributed by atoms with Gasteiger partial charge in [0.15, 0.2) is 9.84 Å². The van der Waals surface area contributed by atoms with Gasteiger partial charge in [-0.1, -0.05) is 12.1 Å². The second-order valence-corrected chi connectivity index (χ2v) is 8.72. The Morgan fingerprint density at radius 3 is 2.40 bits per heavy atom. The van der Waals surface area contributed by atoms with Gasteiger partial charge in [-0.25, -0.2) is 8.42 Å². The van der Waals surface area contributed by atoms with Crippen LogP contribution in [0.2, 0.25) is 0 Å². The summed E-state index contributed by atoms with van der Waals surface area (Å²) in [5.74, 6) is 1.37. The zero-order chi connectivity index (χ0) is 21.6. The number of hydrogen-bond acceptors (Lipinski definition) is 7. The Kier molecular flexibility index (Phi) is 6.83. The van der Waals surface area contributed by atoms with Crippen LogP contribution < -0.4 is 10.1 Å². The first-order chi connectivity index (χ1) is 14.4. The Morgan fingerprint density at radius 1 is 1.07 bits per heavy atom. The number of aromatic nitrogens is 2. The Labute approximate surface area is 175 Å². The maximum absolute atomic E-state index is 12.2. The van der Waals surface area contributed by atoms with Crippen molar-refractivity contribution in [1.29, 1.82) is 0 Å². The number of ether oxygens (including phenoxy) is 1. The third-order valence-corrected chi connectivity index (χ3v) is 6.09. The van der Waals surface area contributed by atoms with E-state index in [4.69, 9.17) is 9.26 Å². The molecule has 9 heteroatoms. The molecule has 0 spiro atoms. The molecule has 1 heterocycles. The standard InChI is InChI=1S/C21H23N3O5S/c1-3-28-17-9-5-15(6-10-17)21-23-20(29-24-21)14-13-19(25)22-16-7-11-18(12-8-16)30(26,27)4-2/h5-12H,3-4,13-14H2,1-2H3,(H,22,25). The monoisotopic (exact) mass is 429 g/mol. The molecule has 3 rings (SSSR count). The minimum atomic E-state index is -3.26. The van der Waals surface area contributed by atoms with Crippen molar-refractivity contribution in [2.75, 3.05) is 17.7 Å². The molecule has 0 radical (unpaired) electrons. The molecule has 3 aromatic rings. The summed E-state index contributed by atoms with van der Waals surface area (Å²) in [5.41, 5.74) is 1.32. The number of rotatable bonds is 9. The maximum Gasteiger partial charge on any atom is 0.227 e. The van der Waals surface area contributed by atoms with Gasteiger partial charge < -0.3 is 14.6 Å². The SMILES string of the molecule is CCOc1ccc(-c2noc(CCC(=O)Nc3ccc(S(=O)(=O)CC)cc3)n2)cc1. The van der Waals surface area contributed by atoms with Gasteiger partial charge in [-0.15, -0.1) is 0 Å². The van der Waals surface area contributed by atoms with Gasteiger partial charge in [-0.2, -0.15) is 4.98 Å². The van der Waals surface area contributed by atoms with Crippen LogP contribution in [0.15, 0.2) is 57.9 Å². The zero-order valence-corrected chi connectivity index (χ0v) is 17.6. The first-order valence-corrected chi connectivity index (χ1v) is 11.2. The first-order valence-electron chi connectivity index (χ1n) is 9.59. The molecule has 0 aliphatic rings. The normalized spacial score (nSPS) is 11.3. The van der Waals surface area contributed by atoms with Gasteiger partial charge in [-0.3, -0.25) is 4.79 Å². The molecular weight excluding hydrogens is 406 g/mol. The Morgan fingerprint density at radius 2 is 1.77 bits per heavy atom. The third kappa shape index (κ3) is 5.44. The Bertz CT molecular complexity index is 1090. The van der Waals surface area contributed by atoms with Crippen molar-refractivity contribution in [2.45, 2.75) is 31.6 Å². The number of benzene rings is 2. The largest absolute Gasteiger partial charge is 0.494 e. The summed E-state index contributed by atoms with van der Waals surface area (Å²) in [7, 11) is -3.26. The molecule has 2 aromatic carbocycles. The fraction of sp³-hybridized carbons (Fsp3) is 0.286. The highest BCUT2D eigenvalue weighted by Gasteiger charge is 2.13. The topological polar surface area (TPSA) is 111 Å². The van der Waals surface area contributed by atoms with Gasteiger partial charge in [0.05, 0.1) is 17.3 Å². The van der Waals surface area contributed by atoms with Crippen LogP contribution in [-0.2, 0) is 21.1 Å². The molecule has 0 unspecified atom stereocenters. The van der Waals surface area contributed by atoms with E-state index < -0.39 is 9.84 Å². The van der Waals surface area contributed by atoms with Crippen LogP contribution in [0.1, 0.15) is 26.2 Å². The van der Waals surface area contributed by atoms with Crippen molar-refractivity contribution >= 4 is 21.4 Å². The predicted molar refractivity (Wildman–Crippen MR) is 112 cm³/mol. The van der Waals surface area contributed by atoms with Crippen molar-refractivity contribution in [3.63, 3.8) is 0 Å². The van der Waals surface area contributed by atoms with Crippen LogP contribution in [0, 0.1) is 0 Å². The van der Waals surface area contributed by atoms with E-state index >= 15 is 0 Å². The van der Waals surface area contributed by atoms with Crippen LogP contribution in [0.5, 0.6) is 5.75 Å². The van der Waals surface area contributed by atoms with Gasteiger partial charge >= 0.3 is 0 Å². The zero-order valence-electron chi connectivity index (χ0n) is 16.8. The smallest absolute Gasteiger partial charge is 0.227 e. The first kappa shape index (κ1) is 21.5. The van der Waals surface area contributed by atoms with E-state index in [1.165, 1.54) is 12.1 Å². The number of hydrogen-bond donors (Lipinski definition) is 1. The predicted octanol–water partition coefficient (Wildman–Crippen LogP) is 3.50. The summed E-state index contributed by atoms with van der Waals surface area (Å²) in [6.07, 6.45) is 0.443. The Hall–Kier alpha value is -3.20. The lowest BCUT2D eigenvalue weighted by atomic mass is 10.2. The van der Waals surface area contributed by atoms with Crippen LogP contribution >= 0.6 is 0 Å². The van der Waals surface area contributed by atoms with Crippen molar-refractivity contribution in [3.05, 3.63) is 54.4 Å². The van der Waals surface area contributed by atoms with Crippen molar-refractivity contribution < 1.29 is 22.5 Å². The molecule has 0 aliphatic carbocycles. The molecule has 1 amide bonds. The van der Waals surface area contributed by atoms with Gasteiger partial charge in [0.1, 0.15) is 5.75 Å². The lowest BCUT2D eigenvalue weighted by molar-refractivity contribution is -0.116. The van der Waals surface area contributed by atoms with Crippen LogP contribution in [0.4, 0.5) is 5.69 Å². The molecule has 8 nitrogen and oxygen atoms in total. The van der Waals surface area contributed by atoms with Gasteiger partial charge in [0.2, 0.25) is 17.6 Å². The van der Waals surface area contributed by atoms with Gasteiger partial charge in [0.25, 0.3) is 0 Å². The lowest BCUT2D eigenvalue weighted by Crippen LogP contribution is -2.12. The molecule has 158 valence electrons. The molecule has 30 heavy (non-hydrogen) atoms. The highest BCUT2D eigenvalue weighted by molar-refractivity contribution is 7.91. The molecule has 0 atom stereocenters. The number of aryl methyl sites for hydroxylation is 1. The Balaban J connectivity index is 1.54. The number of nitrogens with zero attached hydrogens (tertiary/aromatic N) is 2. The molecule has 0 saturated carbocycles. The van der Waals surface area contributed by atoms with Crippen molar-refractivity contribution in [1.82, 2.24) is 10.1 Å². The average molecular weight is 429 g/mol. The fourth-order valence-electron chi connectivity index (χ4n) is 2.70. The van der Waals surface area contributed by atoms with Crippen molar-refractivity contribution in [3.8, 4) is 17.1 Å². The van der Waals surface area contributed by atoms with E-state index in [1.54, 1.807) is 19.1 Å². The van der Waals surface area contributed by atoms with Crippen molar-refractivity contribution in [2.24, 2.45) is 0 Å². The fourth-order valence-corrected chi connectivity index (χ4v) is 3.58. The summed E-state index contributed by atoms with van der Waals surface area (Å²) in [6, 6.07) is 13.4. The highest BCUT2D eigenvalue weighted by Crippen LogP contribution is 2.20. The highest BCUT2D eigenvalue weighted by atomic mass is 32.2. The van der Waals surface area contributed by atoms with E-state index in [9.17, 15) is 13.2 Å². The number of carbonyl (C=O) groups is 1. The molecule has 0 saturated heterocycles. The van der Waals surface area contributed by atoms with Crippen LogP contribution in [0.25, 0.3) is 11.4 Å². The minimum Gasteiger partial charge on any atom is -0.494 e. The molecule has 0 bridgehead atoms. The van der Waals surface area contributed by atoms with Crippen LogP contribution in [-0.4, -0.2) is 36.8 Å². The summed E-state index contributed by atoms with van der Waals surface area (Å²) >= 11 is 0. The summed E-state index contributed by atoms with van der Waals surface area (Å²) in [6.45, 7) is 4.10. The van der Waals surface area contributed by atoms with E-state index in [2.05, 4.69) is 15.5 Å². The van der Waals surface area contributed by atoms with Gasteiger partial charge in [-0.05, 0) is 55.5 Å². The molecule has 1 aromatic heterocycles. The second kappa shape index (κ2) is 9.53. The van der Waals surface area contributed by atoms with Gasteiger partial charge in [0, 0.05) is 24.1 Å². The molecular formula is C21H23N3O5S. The molecule has 1 N–H and O–H groups in total. The van der Waals surface area contributed by atoms with E-state index in [-0.39, 0.29) is 29.4 Å². The lowest BCUT2D eigenvalue weighted by Gasteiger charge is -2.06.